The Balaban J connectivity index is 1.94. The molecule has 0 bridgehead atoms. The standard InChI is InChI=1S/C16H18BrClN4O2/c1-10-20-15(22-24-10)16(6-4-2-3-5-7-16)21-14(23)12-8-11(17)9-19-13(12)18/h8-9H,2-7H2,1H3,(H,21,23). The lowest BCUT2D eigenvalue weighted by Gasteiger charge is -2.30. The van der Waals surface area contributed by atoms with E-state index in [1.165, 1.54) is 0 Å². The highest BCUT2D eigenvalue weighted by atomic mass is 79.9. The van der Waals surface area contributed by atoms with E-state index in [1.807, 2.05) is 0 Å². The molecule has 128 valence electrons. The van der Waals surface area contributed by atoms with Crippen molar-refractivity contribution >= 4 is 33.4 Å². The number of amides is 1. The summed E-state index contributed by atoms with van der Waals surface area (Å²) in [6.45, 7) is 1.75. The predicted octanol–water partition coefficient (Wildman–Crippen LogP) is 4.17. The number of carbonyl (C=O) groups excluding carboxylic acids is 1. The third-order valence-corrected chi connectivity index (χ3v) is 5.05. The molecule has 0 radical (unpaired) electrons. The van der Waals surface area contributed by atoms with E-state index in [0.717, 1.165) is 38.5 Å². The molecule has 0 unspecified atom stereocenters. The second-order valence-corrected chi connectivity index (χ2v) is 7.35. The zero-order valence-corrected chi connectivity index (χ0v) is 15.7. The minimum absolute atomic E-state index is 0.170. The summed E-state index contributed by atoms with van der Waals surface area (Å²) in [6.07, 6.45) is 7.37. The average Bonchev–Trinajstić information content (AvgIpc) is 2.86. The van der Waals surface area contributed by atoms with Crippen molar-refractivity contribution in [3.8, 4) is 0 Å². The fourth-order valence-corrected chi connectivity index (χ4v) is 3.62. The van der Waals surface area contributed by atoms with E-state index in [9.17, 15) is 4.79 Å². The van der Waals surface area contributed by atoms with Crippen molar-refractivity contribution in [2.24, 2.45) is 0 Å². The lowest BCUT2D eigenvalue weighted by molar-refractivity contribution is 0.0876. The Morgan fingerprint density at radius 2 is 2.04 bits per heavy atom. The van der Waals surface area contributed by atoms with Crippen LogP contribution >= 0.6 is 27.5 Å². The van der Waals surface area contributed by atoms with E-state index in [2.05, 4.69) is 36.4 Å². The summed E-state index contributed by atoms with van der Waals surface area (Å²) in [4.78, 5) is 21.2. The van der Waals surface area contributed by atoms with Gasteiger partial charge >= 0.3 is 0 Å². The topological polar surface area (TPSA) is 80.9 Å². The van der Waals surface area contributed by atoms with E-state index < -0.39 is 5.54 Å². The first-order valence-corrected chi connectivity index (χ1v) is 9.12. The van der Waals surface area contributed by atoms with Crippen LogP contribution in [-0.4, -0.2) is 21.0 Å². The molecule has 1 amide bonds. The molecule has 3 rings (SSSR count). The SMILES string of the molecule is Cc1nc(C2(NC(=O)c3cc(Br)cnc3Cl)CCCCCC2)no1. The highest BCUT2D eigenvalue weighted by Crippen LogP contribution is 2.35. The quantitative estimate of drug-likeness (QED) is 0.603. The van der Waals surface area contributed by atoms with E-state index in [-0.39, 0.29) is 11.1 Å². The summed E-state index contributed by atoms with van der Waals surface area (Å²) < 4.78 is 5.85. The first kappa shape index (κ1) is 17.4. The molecular weight excluding hydrogens is 396 g/mol. The monoisotopic (exact) mass is 412 g/mol. The van der Waals surface area contributed by atoms with E-state index in [4.69, 9.17) is 16.1 Å². The first-order valence-electron chi connectivity index (χ1n) is 7.94. The summed E-state index contributed by atoms with van der Waals surface area (Å²) in [6, 6.07) is 1.66. The van der Waals surface area contributed by atoms with Crippen molar-refractivity contribution < 1.29 is 9.32 Å². The Morgan fingerprint density at radius 1 is 1.33 bits per heavy atom. The summed E-state index contributed by atoms with van der Waals surface area (Å²) in [5.41, 5.74) is -0.299. The van der Waals surface area contributed by atoms with Crippen molar-refractivity contribution in [1.82, 2.24) is 20.4 Å². The van der Waals surface area contributed by atoms with Gasteiger partial charge in [0, 0.05) is 17.6 Å². The lowest BCUT2D eigenvalue weighted by Crippen LogP contribution is -2.46. The first-order chi connectivity index (χ1) is 11.5. The molecule has 2 aromatic rings. The van der Waals surface area contributed by atoms with Crippen molar-refractivity contribution in [3.05, 3.63) is 39.2 Å². The third-order valence-electron chi connectivity index (χ3n) is 4.32. The lowest BCUT2D eigenvalue weighted by atomic mass is 9.88. The highest BCUT2D eigenvalue weighted by Gasteiger charge is 2.39. The van der Waals surface area contributed by atoms with Gasteiger partial charge in [-0.3, -0.25) is 4.79 Å². The van der Waals surface area contributed by atoms with Gasteiger partial charge in [-0.15, -0.1) is 0 Å². The molecule has 0 aromatic carbocycles. The Bertz CT molecular complexity index is 741. The molecule has 0 atom stereocenters. The summed E-state index contributed by atoms with van der Waals surface area (Å²) >= 11 is 9.42. The molecule has 24 heavy (non-hydrogen) atoms. The van der Waals surface area contributed by atoms with Gasteiger partial charge in [0.2, 0.25) is 5.89 Å². The molecule has 0 spiro atoms. The Morgan fingerprint density at radius 3 is 2.67 bits per heavy atom. The highest BCUT2D eigenvalue weighted by molar-refractivity contribution is 9.10. The third kappa shape index (κ3) is 3.62. The van der Waals surface area contributed by atoms with Crippen molar-refractivity contribution in [2.45, 2.75) is 51.0 Å². The second-order valence-electron chi connectivity index (χ2n) is 6.08. The van der Waals surface area contributed by atoms with Crippen LogP contribution < -0.4 is 5.32 Å². The van der Waals surface area contributed by atoms with Gasteiger partial charge in [-0.2, -0.15) is 4.98 Å². The van der Waals surface area contributed by atoms with Gasteiger partial charge in [0.1, 0.15) is 10.7 Å². The van der Waals surface area contributed by atoms with Crippen molar-refractivity contribution in [1.29, 1.82) is 0 Å². The maximum Gasteiger partial charge on any atom is 0.255 e. The Labute approximate surface area is 153 Å². The minimum Gasteiger partial charge on any atom is -0.340 e. The minimum atomic E-state index is -0.628. The van der Waals surface area contributed by atoms with Gasteiger partial charge in [0.25, 0.3) is 5.91 Å². The zero-order valence-electron chi connectivity index (χ0n) is 13.3. The number of nitrogens with one attached hydrogen (secondary N) is 1. The van der Waals surface area contributed by atoms with Crippen LogP contribution in [0.2, 0.25) is 5.15 Å². The molecule has 0 aliphatic heterocycles. The van der Waals surface area contributed by atoms with Crippen LogP contribution in [0.25, 0.3) is 0 Å². The van der Waals surface area contributed by atoms with E-state index in [0.29, 0.717) is 21.8 Å². The van der Waals surface area contributed by atoms with Gasteiger partial charge in [-0.25, -0.2) is 4.98 Å². The molecule has 0 saturated heterocycles. The second kappa shape index (κ2) is 7.19. The molecule has 1 aliphatic rings. The molecule has 1 saturated carbocycles. The maximum atomic E-state index is 12.8. The molecule has 1 N–H and O–H groups in total. The summed E-state index contributed by atoms with van der Waals surface area (Å²) in [7, 11) is 0. The van der Waals surface area contributed by atoms with Crippen LogP contribution in [0.3, 0.4) is 0 Å². The Hall–Kier alpha value is -1.47. The van der Waals surface area contributed by atoms with Crippen LogP contribution in [0.15, 0.2) is 21.3 Å². The molecule has 2 aromatic heterocycles. The van der Waals surface area contributed by atoms with Gasteiger partial charge < -0.3 is 9.84 Å². The molecule has 6 nitrogen and oxygen atoms in total. The molecule has 1 fully saturated rings. The molecule has 8 heteroatoms. The van der Waals surface area contributed by atoms with Crippen molar-refractivity contribution in [2.75, 3.05) is 0 Å². The van der Waals surface area contributed by atoms with E-state index >= 15 is 0 Å². The number of aryl methyl sites for hydroxylation is 1. The number of rotatable bonds is 3. The number of aromatic nitrogens is 3. The number of nitrogens with zero attached hydrogens (tertiary/aromatic N) is 3. The fraction of sp³-hybridized carbons (Fsp3) is 0.500. The predicted molar refractivity (Wildman–Crippen MR) is 92.8 cm³/mol. The van der Waals surface area contributed by atoms with Crippen LogP contribution in [-0.2, 0) is 5.54 Å². The van der Waals surface area contributed by atoms with Crippen LogP contribution in [0.5, 0.6) is 0 Å². The van der Waals surface area contributed by atoms with Gasteiger partial charge in [-0.1, -0.05) is 42.4 Å². The Kier molecular flexibility index (Phi) is 5.20. The zero-order chi connectivity index (χ0) is 17.2. The van der Waals surface area contributed by atoms with E-state index in [1.54, 1.807) is 19.2 Å². The number of carbonyl (C=O) groups is 1. The number of hydrogen-bond acceptors (Lipinski definition) is 5. The number of hydrogen-bond donors (Lipinski definition) is 1. The molecule has 2 heterocycles. The number of pyridine rings is 1. The molecule has 1 aliphatic carbocycles. The van der Waals surface area contributed by atoms with Crippen LogP contribution in [0, 0.1) is 6.92 Å². The maximum absolute atomic E-state index is 12.8. The smallest absolute Gasteiger partial charge is 0.255 e. The largest absolute Gasteiger partial charge is 0.340 e. The summed E-state index contributed by atoms with van der Waals surface area (Å²) in [5.74, 6) is 0.748. The van der Waals surface area contributed by atoms with Crippen molar-refractivity contribution in [3.63, 3.8) is 0 Å². The normalized spacial score (nSPS) is 17.3. The van der Waals surface area contributed by atoms with Gasteiger partial charge in [0.15, 0.2) is 5.82 Å². The van der Waals surface area contributed by atoms with Gasteiger partial charge in [-0.05, 0) is 34.8 Å². The van der Waals surface area contributed by atoms with Gasteiger partial charge in [0.05, 0.1) is 5.56 Å². The average molecular weight is 414 g/mol. The van der Waals surface area contributed by atoms with Crippen LogP contribution in [0.4, 0.5) is 0 Å². The number of halogens is 2. The molecular formula is C16H18BrClN4O2. The van der Waals surface area contributed by atoms with Crippen LogP contribution in [0.1, 0.15) is 60.6 Å². The fourth-order valence-electron chi connectivity index (χ4n) is 3.10. The summed E-state index contributed by atoms with van der Waals surface area (Å²) in [5, 5.41) is 7.37.